The van der Waals surface area contributed by atoms with E-state index in [0.29, 0.717) is 12.4 Å². The van der Waals surface area contributed by atoms with Gasteiger partial charge in [0.05, 0.1) is 11.0 Å². The summed E-state index contributed by atoms with van der Waals surface area (Å²) in [5.74, 6) is 0.980. The minimum Gasteiger partial charge on any atom is -0.485 e. The Hall–Kier alpha value is -4.19. The summed E-state index contributed by atoms with van der Waals surface area (Å²) >= 11 is 0. The molecule has 33 heavy (non-hydrogen) atoms. The highest BCUT2D eigenvalue weighted by Gasteiger charge is 2.15. The van der Waals surface area contributed by atoms with Gasteiger partial charge in [-0.1, -0.05) is 60.7 Å². The van der Waals surface area contributed by atoms with Gasteiger partial charge in [0.2, 0.25) is 5.91 Å². The van der Waals surface area contributed by atoms with Crippen molar-refractivity contribution in [3.63, 3.8) is 0 Å². The molecule has 0 aliphatic rings. The van der Waals surface area contributed by atoms with E-state index in [4.69, 9.17) is 9.72 Å². The van der Waals surface area contributed by atoms with Crippen molar-refractivity contribution in [2.45, 2.75) is 19.7 Å². The molecule has 0 aliphatic carbocycles. The molecule has 0 saturated heterocycles. The summed E-state index contributed by atoms with van der Waals surface area (Å²) < 4.78 is 21.1. The van der Waals surface area contributed by atoms with Crippen LogP contribution in [0.3, 0.4) is 0 Å². The second kappa shape index (κ2) is 9.12. The maximum Gasteiger partial charge on any atom is 0.240 e. The lowest BCUT2D eigenvalue weighted by Gasteiger charge is -2.12. The van der Waals surface area contributed by atoms with E-state index in [-0.39, 0.29) is 24.9 Å². The van der Waals surface area contributed by atoms with Crippen molar-refractivity contribution in [2.75, 3.05) is 0 Å². The third kappa shape index (κ3) is 4.55. The third-order valence-electron chi connectivity index (χ3n) is 5.54. The van der Waals surface area contributed by atoms with Crippen LogP contribution in [0.15, 0.2) is 91.0 Å². The molecule has 164 valence electrons. The molecule has 4 aromatic carbocycles. The fourth-order valence-electron chi connectivity index (χ4n) is 3.88. The molecule has 0 atom stereocenters. The van der Waals surface area contributed by atoms with Crippen LogP contribution >= 0.6 is 0 Å². The van der Waals surface area contributed by atoms with Gasteiger partial charge in [0.1, 0.15) is 30.5 Å². The quantitative estimate of drug-likeness (QED) is 0.378. The van der Waals surface area contributed by atoms with Crippen LogP contribution in [0.2, 0.25) is 0 Å². The molecular weight excluding hydrogens is 417 g/mol. The van der Waals surface area contributed by atoms with Crippen LogP contribution in [-0.4, -0.2) is 15.5 Å². The van der Waals surface area contributed by atoms with E-state index < -0.39 is 0 Å². The number of nitrogens with one attached hydrogen (secondary N) is 1. The highest BCUT2D eigenvalue weighted by molar-refractivity contribution is 5.88. The molecule has 0 saturated carbocycles. The molecule has 5 aromatic rings. The summed E-state index contributed by atoms with van der Waals surface area (Å²) in [6.07, 6.45) is 0. The van der Waals surface area contributed by atoms with Gasteiger partial charge in [0.25, 0.3) is 0 Å². The first-order valence-corrected chi connectivity index (χ1v) is 10.7. The van der Waals surface area contributed by atoms with Crippen LogP contribution < -0.4 is 10.1 Å². The van der Waals surface area contributed by atoms with Crippen molar-refractivity contribution in [2.24, 2.45) is 0 Å². The van der Waals surface area contributed by atoms with Gasteiger partial charge in [-0.05, 0) is 41.3 Å². The Morgan fingerprint density at radius 2 is 1.67 bits per heavy atom. The number of fused-ring (bicyclic) bond motifs is 2. The number of benzene rings is 4. The van der Waals surface area contributed by atoms with Crippen LogP contribution in [0.5, 0.6) is 5.75 Å². The van der Waals surface area contributed by atoms with E-state index in [0.717, 1.165) is 33.1 Å². The molecule has 6 heteroatoms. The highest BCUT2D eigenvalue weighted by Crippen LogP contribution is 2.26. The third-order valence-corrected chi connectivity index (χ3v) is 5.54. The normalized spacial score (nSPS) is 11.1. The van der Waals surface area contributed by atoms with Gasteiger partial charge in [0, 0.05) is 11.9 Å². The molecule has 5 rings (SSSR count). The molecule has 1 aromatic heterocycles. The van der Waals surface area contributed by atoms with E-state index in [1.807, 2.05) is 71.3 Å². The number of amides is 1. The number of ether oxygens (including phenoxy) is 1. The SMILES string of the molecule is O=C(Cn1c(COc2cccc3ccccc23)nc2ccccc21)NCc1ccc(F)cc1. The largest absolute Gasteiger partial charge is 0.485 e. The van der Waals surface area contributed by atoms with Crippen LogP contribution in [0.1, 0.15) is 11.4 Å². The number of imidazole rings is 1. The lowest BCUT2D eigenvalue weighted by Crippen LogP contribution is -2.28. The standard InChI is InChI=1S/C27H22FN3O2/c28-21-14-12-19(13-15-21)16-29-27(32)17-31-24-10-4-3-9-23(24)30-26(31)18-33-25-11-5-7-20-6-1-2-8-22(20)25/h1-15H,16-18H2,(H,29,32). The summed E-state index contributed by atoms with van der Waals surface area (Å²) in [4.78, 5) is 17.4. The number of carbonyl (C=O) groups excluding carboxylic acids is 1. The molecule has 1 amide bonds. The van der Waals surface area contributed by atoms with Gasteiger partial charge in [-0.3, -0.25) is 4.79 Å². The molecule has 0 unspecified atom stereocenters. The van der Waals surface area contributed by atoms with Crippen molar-refractivity contribution >= 4 is 27.7 Å². The highest BCUT2D eigenvalue weighted by atomic mass is 19.1. The number of hydrogen-bond donors (Lipinski definition) is 1. The van der Waals surface area contributed by atoms with E-state index in [1.54, 1.807) is 12.1 Å². The molecule has 0 aliphatic heterocycles. The Balaban J connectivity index is 1.35. The van der Waals surface area contributed by atoms with Crippen LogP contribution in [0.25, 0.3) is 21.8 Å². The number of carbonyl (C=O) groups is 1. The Labute approximate surface area is 190 Å². The lowest BCUT2D eigenvalue weighted by atomic mass is 10.1. The molecule has 1 N–H and O–H groups in total. The second-order valence-corrected chi connectivity index (χ2v) is 7.77. The topological polar surface area (TPSA) is 56.2 Å². The van der Waals surface area contributed by atoms with E-state index >= 15 is 0 Å². The van der Waals surface area contributed by atoms with Crippen LogP contribution in [0.4, 0.5) is 4.39 Å². The number of halogens is 1. The van der Waals surface area contributed by atoms with E-state index in [2.05, 4.69) is 5.32 Å². The average Bonchev–Trinajstić information content (AvgIpc) is 3.19. The molecule has 0 fully saturated rings. The van der Waals surface area contributed by atoms with E-state index in [9.17, 15) is 9.18 Å². The lowest BCUT2D eigenvalue weighted by molar-refractivity contribution is -0.121. The average molecular weight is 439 g/mol. The molecule has 5 nitrogen and oxygen atoms in total. The van der Waals surface area contributed by atoms with Crippen LogP contribution in [0, 0.1) is 5.82 Å². The first-order chi connectivity index (χ1) is 16.2. The maximum atomic E-state index is 13.1. The van der Waals surface area contributed by atoms with Gasteiger partial charge >= 0.3 is 0 Å². The molecular formula is C27H22FN3O2. The minimum absolute atomic E-state index is 0.107. The smallest absolute Gasteiger partial charge is 0.240 e. The maximum absolute atomic E-state index is 13.1. The van der Waals surface area contributed by atoms with Crippen LogP contribution in [-0.2, 0) is 24.5 Å². The second-order valence-electron chi connectivity index (χ2n) is 7.77. The van der Waals surface area contributed by atoms with Crippen molar-refractivity contribution in [3.8, 4) is 5.75 Å². The fourth-order valence-corrected chi connectivity index (χ4v) is 3.88. The zero-order chi connectivity index (χ0) is 22.6. The fraction of sp³-hybridized carbons (Fsp3) is 0.111. The van der Waals surface area contributed by atoms with Crippen molar-refractivity contribution in [1.29, 1.82) is 0 Å². The zero-order valence-electron chi connectivity index (χ0n) is 17.9. The number of para-hydroxylation sites is 2. The molecule has 1 heterocycles. The number of aromatic nitrogens is 2. The zero-order valence-corrected chi connectivity index (χ0v) is 17.9. The Kier molecular flexibility index (Phi) is 5.72. The van der Waals surface area contributed by atoms with Crippen molar-refractivity contribution < 1.29 is 13.9 Å². The van der Waals surface area contributed by atoms with E-state index in [1.165, 1.54) is 12.1 Å². The molecule has 0 bridgehead atoms. The number of hydrogen-bond acceptors (Lipinski definition) is 3. The minimum atomic E-state index is -0.300. The Morgan fingerprint density at radius 3 is 2.55 bits per heavy atom. The Bertz CT molecular complexity index is 1420. The summed E-state index contributed by atoms with van der Waals surface area (Å²) in [5, 5.41) is 5.02. The van der Waals surface area contributed by atoms with Crippen molar-refractivity contribution in [1.82, 2.24) is 14.9 Å². The van der Waals surface area contributed by atoms with Gasteiger partial charge in [-0.15, -0.1) is 0 Å². The number of nitrogens with zero attached hydrogens (tertiary/aromatic N) is 2. The predicted octanol–water partition coefficient (Wildman–Crippen LogP) is 5.22. The van der Waals surface area contributed by atoms with Crippen molar-refractivity contribution in [3.05, 3.63) is 108 Å². The summed E-state index contributed by atoms with van der Waals surface area (Å²) in [6.45, 7) is 0.664. The monoisotopic (exact) mass is 439 g/mol. The summed E-state index contributed by atoms with van der Waals surface area (Å²) in [6, 6.07) is 27.8. The van der Waals surface area contributed by atoms with Gasteiger partial charge in [0.15, 0.2) is 0 Å². The van der Waals surface area contributed by atoms with Gasteiger partial charge in [-0.2, -0.15) is 0 Å². The predicted molar refractivity (Wildman–Crippen MR) is 126 cm³/mol. The number of rotatable bonds is 7. The van der Waals surface area contributed by atoms with Gasteiger partial charge in [-0.25, -0.2) is 9.37 Å². The molecule has 0 radical (unpaired) electrons. The van der Waals surface area contributed by atoms with Gasteiger partial charge < -0.3 is 14.6 Å². The molecule has 0 spiro atoms. The first-order valence-electron chi connectivity index (χ1n) is 10.7. The first kappa shape index (κ1) is 20.7. The Morgan fingerprint density at radius 1 is 0.909 bits per heavy atom. The summed E-state index contributed by atoms with van der Waals surface area (Å²) in [5.41, 5.74) is 2.51. The summed E-state index contributed by atoms with van der Waals surface area (Å²) in [7, 11) is 0.